The standard InChI is InChI=1S/C30H38FN5O2S/c31-22-17-27-28(32-18-22)35(26-12-15-39-16-13-26)30(38)36(29(27)37)25-10-8-23(9-11-25)33-24-7-4-14-34(20-24)19-21-5-2-1-3-6-21/h1-3,5-6,17-18,23-26,33H,4,7-16,19-20H2/t23-,24?,25+. The van der Waals surface area contributed by atoms with Gasteiger partial charge < -0.3 is 5.32 Å². The number of likely N-dealkylation sites (tertiary alicyclic amines) is 1. The van der Waals surface area contributed by atoms with Gasteiger partial charge in [0, 0.05) is 37.3 Å². The molecule has 0 radical (unpaired) electrons. The highest BCUT2D eigenvalue weighted by Crippen LogP contribution is 2.30. The Labute approximate surface area is 232 Å². The molecule has 39 heavy (non-hydrogen) atoms. The van der Waals surface area contributed by atoms with Crippen LogP contribution in [0.25, 0.3) is 11.0 Å². The summed E-state index contributed by atoms with van der Waals surface area (Å²) in [7, 11) is 0. The van der Waals surface area contributed by atoms with Gasteiger partial charge in [0.15, 0.2) is 0 Å². The van der Waals surface area contributed by atoms with Crippen LogP contribution in [-0.4, -0.2) is 55.7 Å². The zero-order valence-corrected chi connectivity index (χ0v) is 23.3. The Balaban J connectivity index is 1.16. The van der Waals surface area contributed by atoms with Gasteiger partial charge in [-0.25, -0.2) is 14.2 Å². The normalized spacial score (nSPS) is 25.2. The molecule has 1 unspecified atom stereocenters. The summed E-state index contributed by atoms with van der Waals surface area (Å²) in [6, 6.07) is 12.6. The number of pyridine rings is 1. The molecule has 6 rings (SSSR count). The molecule has 0 spiro atoms. The van der Waals surface area contributed by atoms with E-state index in [9.17, 15) is 14.0 Å². The third kappa shape index (κ3) is 5.86. The quantitative estimate of drug-likeness (QED) is 0.486. The molecule has 1 atom stereocenters. The van der Waals surface area contributed by atoms with Gasteiger partial charge in [-0.1, -0.05) is 30.3 Å². The van der Waals surface area contributed by atoms with Crippen molar-refractivity contribution in [2.24, 2.45) is 0 Å². The first-order valence-electron chi connectivity index (χ1n) is 14.5. The van der Waals surface area contributed by atoms with Crippen LogP contribution in [0, 0.1) is 5.82 Å². The van der Waals surface area contributed by atoms with E-state index in [-0.39, 0.29) is 23.2 Å². The second-order valence-electron chi connectivity index (χ2n) is 11.4. The Kier molecular flexibility index (Phi) is 8.18. The number of hydrogen-bond acceptors (Lipinski definition) is 6. The molecule has 1 saturated carbocycles. The number of piperidine rings is 1. The molecule has 7 nitrogen and oxygen atoms in total. The minimum atomic E-state index is -0.544. The Bertz CT molecular complexity index is 1400. The maximum Gasteiger partial charge on any atom is 0.333 e. The number of benzene rings is 1. The summed E-state index contributed by atoms with van der Waals surface area (Å²) in [5.41, 5.74) is 1.01. The number of nitrogens with one attached hydrogen (secondary N) is 1. The van der Waals surface area contributed by atoms with Gasteiger partial charge >= 0.3 is 5.69 Å². The summed E-state index contributed by atoms with van der Waals surface area (Å²) in [6.07, 6.45) is 8.57. The summed E-state index contributed by atoms with van der Waals surface area (Å²) >= 11 is 1.88. The van der Waals surface area contributed by atoms with Gasteiger partial charge in [-0.15, -0.1) is 0 Å². The first kappa shape index (κ1) is 26.7. The number of aromatic nitrogens is 3. The Morgan fingerprint density at radius 1 is 0.923 bits per heavy atom. The van der Waals surface area contributed by atoms with Crippen LogP contribution >= 0.6 is 11.8 Å². The lowest BCUT2D eigenvalue weighted by atomic mass is 9.89. The third-order valence-corrected chi connectivity index (χ3v) is 9.82. The van der Waals surface area contributed by atoms with Crippen LogP contribution in [0.15, 0.2) is 52.2 Å². The lowest BCUT2D eigenvalue weighted by Crippen LogP contribution is -2.50. The molecule has 3 aliphatic rings. The zero-order chi connectivity index (χ0) is 26.8. The number of rotatable bonds is 6. The van der Waals surface area contributed by atoms with Crippen molar-refractivity contribution in [3.05, 3.63) is 74.8 Å². The van der Waals surface area contributed by atoms with E-state index in [1.807, 2.05) is 11.8 Å². The lowest BCUT2D eigenvalue weighted by molar-refractivity contribution is 0.163. The first-order chi connectivity index (χ1) is 19.1. The summed E-state index contributed by atoms with van der Waals surface area (Å²) in [5.74, 6) is 1.40. The Hall–Kier alpha value is -2.49. The van der Waals surface area contributed by atoms with Crippen LogP contribution in [0.4, 0.5) is 4.39 Å². The fourth-order valence-corrected chi connectivity index (χ4v) is 7.89. The molecule has 4 heterocycles. The van der Waals surface area contributed by atoms with Gasteiger partial charge in [0.25, 0.3) is 5.56 Å². The van der Waals surface area contributed by atoms with Crippen molar-refractivity contribution in [2.45, 2.75) is 82.1 Å². The van der Waals surface area contributed by atoms with Gasteiger partial charge in [0.05, 0.1) is 11.6 Å². The van der Waals surface area contributed by atoms with E-state index < -0.39 is 11.4 Å². The molecule has 3 fully saturated rings. The van der Waals surface area contributed by atoms with Crippen molar-refractivity contribution in [1.29, 1.82) is 0 Å². The van der Waals surface area contributed by atoms with Crippen LogP contribution in [0.5, 0.6) is 0 Å². The summed E-state index contributed by atoms with van der Waals surface area (Å²) in [5, 5.41) is 4.12. The minimum absolute atomic E-state index is 0.00537. The van der Waals surface area contributed by atoms with Crippen molar-refractivity contribution in [2.75, 3.05) is 24.6 Å². The number of halogens is 1. The van der Waals surface area contributed by atoms with E-state index in [2.05, 4.69) is 45.5 Å². The molecule has 3 aromatic rings. The third-order valence-electron chi connectivity index (χ3n) is 8.77. The van der Waals surface area contributed by atoms with Gasteiger partial charge in [-0.05, 0) is 81.0 Å². The molecular formula is C30H38FN5O2S. The Morgan fingerprint density at radius 3 is 2.44 bits per heavy atom. The number of fused-ring (bicyclic) bond motifs is 1. The van der Waals surface area contributed by atoms with Crippen molar-refractivity contribution in [3.8, 4) is 0 Å². The highest BCUT2D eigenvalue weighted by molar-refractivity contribution is 7.99. The summed E-state index contributed by atoms with van der Waals surface area (Å²) < 4.78 is 17.3. The molecule has 1 aromatic carbocycles. The highest BCUT2D eigenvalue weighted by atomic mass is 32.2. The molecule has 2 aromatic heterocycles. The maximum absolute atomic E-state index is 14.2. The second kappa shape index (κ2) is 11.9. The predicted molar refractivity (Wildman–Crippen MR) is 155 cm³/mol. The summed E-state index contributed by atoms with van der Waals surface area (Å²) in [4.78, 5) is 34.1. The van der Waals surface area contributed by atoms with Crippen molar-refractivity contribution >= 4 is 22.8 Å². The number of thioether (sulfide) groups is 1. The van der Waals surface area contributed by atoms with Gasteiger partial charge in [-0.2, -0.15) is 11.8 Å². The van der Waals surface area contributed by atoms with Crippen LogP contribution in [0.2, 0.25) is 0 Å². The van der Waals surface area contributed by atoms with Crippen LogP contribution in [-0.2, 0) is 6.54 Å². The largest absolute Gasteiger partial charge is 0.333 e. The van der Waals surface area contributed by atoms with E-state index in [1.165, 1.54) is 29.0 Å². The average Bonchev–Trinajstić information content (AvgIpc) is 2.96. The van der Waals surface area contributed by atoms with E-state index in [1.54, 1.807) is 4.57 Å². The van der Waals surface area contributed by atoms with Crippen molar-refractivity contribution in [1.82, 2.24) is 24.3 Å². The van der Waals surface area contributed by atoms with E-state index in [0.29, 0.717) is 17.7 Å². The molecule has 208 valence electrons. The fourth-order valence-electron chi connectivity index (χ4n) is 6.81. The molecule has 9 heteroatoms. The topological polar surface area (TPSA) is 72.2 Å². The van der Waals surface area contributed by atoms with E-state index in [4.69, 9.17) is 0 Å². The van der Waals surface area contributed by atoms with E-state index in [0.717, 1.165) is 75.9 Å². The zero-order valence-electron chi connectivity index (χ0n) is 22.4. The maximum atomic E-state index is 14.2. The van der Waals surface area contributed by atoms with Crippen molar-refractivity contribution < 1.29 is 4.39 Å². The second-order valence-corrected chi connectivity index (χ2v) is 12.7. The summed E-state index contributed by atoms with van der Waals surface area (Å²) in [6.45, 7) is 3.16. The first-order valence-corrected chi connectivity index (χ1v) is 15.6. The molecule has 2 aliphatic heterocycles. The molecular weight excluding hydrogens is 513 g/mol. The van der Waals surface area contributed by atoms with Crippen LogP contribution < -0.4 is 16.6 Å². The van der Waals surface area contributed by atoms with Gasteiger partial charge in [0.1, 0.15) is 11.5 Å². The molecule has 1 N–H and O–H groups in total. The SMILES string of the molecule is O=c1c2cc(F)cnc2n(C2CCSCC2)c(=O)n1[C@H]1CC[C@@H](NC2CCCN(Cc3ccccc3)C2)CC1. The van der Waals surface area contributed by atoms with E-state index >= 15 is 0 Å². The van der Waals surface area contributed by atoms with Crippen molar-refractivity contribution in [3.63, 3.8) is 0 Å². The van der Waals surface area contributed by atoms with Gasteiger partial charge in [-0.3, -0.25) is 18.8 Å². The molecule has 0 amide bonds. The Morgan fingerprint density at radius 2 is 1.67 bits per heavy atom. The smallest absolute Gasteiger partial charge is 0.310 e. The fraction of sp³-hybridized carbons (Fsp3) is 0.567. The molecule has 1 aliphatic carbocycles. The number of nitrogens with zero attached hydrogens (tertiary/aromatic N) is 4. The monoisotopic (exact) mass is 551 g/mol. The molecule has 0 bridgehead atoms. The molecule has 2 saturated heterocycles. The predicted octanol–water partition coefficient (Wildman–Crippen LogP) is 4.50. The minimum Gasteiger partial charge on any atom is -0.310 e. The number of hydrogen-bond donors (Lipinski definition) is 1. The van der Waals surface area contributed by atoms with Crippen LogP contribution in [0.3, 0.4) is 0 Å². The van der Waals surface area contributed by atoms with Gasteiger partial charge in [0.2, 0.25) is 0 Å². The average molecular weight is 552 g/mol. The highest BCUT2D eigenvalue weighted by Gasteiger charge is 2.30. The van der Waals surface area contributed by atoms with Crippen LogP contribution in [0.1, 0.15) is 69.0 Å². The lowest BCUT2D eigenvalue weighted by Gasteiger charge is -2.38.